The third kappa shape index (κ3) is 7.11. The predicted molar refractivity (Wildman–Crippen MR) is 104 cm³/mol. The molecule has 0 aromatic heterocycles. The van der Waals surface area contributed by atoms with Gasteiger partial charge in [-0.25, -0.2) is 4.79 Å². The maximum atomic E-state index is 12.0. The molecule has 0 bridgehead atoms. The molecule has 0 spiro atoms. The first-order valence-corrected chi connectivity index (χ1v) is 8.93. The molecule has 3 amide bonds. The minimum absolute atomic E-state index is 0.129. The minimum atomic E-state index is -1.06. The second-order valence-electron chi connectivity index (χ2n) is 6.14. The Morgan fingerprint density at radius 1 is 0.964 bits per heavy atom. The van der Waals surface area contributed by atoms with E-state index in [2.05, 4.69) is 10.6 Å². The van der Waals surface area contributed by atoms with Crippen molar-refractivity contribution in [3.8, 4) is 5.75 Å². The zero-order chi connectivity index (χ0) is 20.4. The molecule has 0 fully saturated rings. The number of aryl methyl sites for hydroxylation is 1. The number of ether oxygens (including phenoxy) is 2. The van der Waals surface area contributed by atoms with Crippen LogP contribution in [-0.4, -0.2) is 31.1 Å². The molecule has 1 atom stereocenters. The molecule has 2 aromatic rings. The lowest BCUT2D eigenvalue weighted by Gasteiger charge is -2.13. The molecule has 2 rings (SSSR count). The van der Waals surface area contributed by atoms with E-state index in [4.69, 9.17) is 9.47 Å². The number of carbonyl (C=O) groups excluding carboxylic acids is 3. The Kier molecular flexibility index (Phi) is 8.02. The van der Waals surface area contributed by atoms with E-state index in [1.807, 2.05) is 54.6 Å². The lowest BCUT2D eigenvalue weighted by atomic mass is 10.1. The molecule has 0 saturated carbocycles. The molecule has 7 nitrogen and oxygen atoms in total. The molecule has 2 N–H and O–H groups in total. The monoisotopic (exact) mass is 384 g/mol. The quantitative estimate of drug-likeness (QED) is 0.683. The van der Waals surface area contributed by atoms with Crippen molar-refractivity contribution in [2.45, 2.75) is 32.4 Å². The topological polar surface area (TPSA) is 93.7 Å². The summed E-state index contributed by atoms with van der Waals surface area (Å²) in [6, 6.07) is 16.0. The highest BCUT2D eigenvalue weighted by Crippen LogP contribution is 2.13. The third-order valence-corrected chi connectivity index (χ3v) is 3.99. The van der Waals surface area contributed by atoms with Gasteiger partial charge >= 0.3 is 12.0 Å². The van der Waals surface area contributed by atoms with Crippen LogP contribution in [0.4, 0.5) is 4.79 Å². The van der Waals surface area contributed by atoms with Gasteiger partial charge in [-0.1, -0.05) is 42.5 Å². The summed E-state index contributed by atoms with van der Waals surface area (Å²) >= 11 is 0. The normalized spacial score (nSPS) is 11.2. The van der Waals surface area contributed by atoms with Gasteiger partial charge in [-0.3, -0.25) is 14.9 Å². The van der Waals surface area contributed by atoms with E-state index >= 15 is 0 Å². The van der Waals surface area contributed by atoms with Crippen LogP contribution in [0, 0.1) is 0 Å². The smallest absolute Gasteiger partial charge is 0.321 e. The lowest BCUT2D eigenvalue weighted by molar-refractivity contribution is -0.154. The maximum absolute atomic E-state index is 12.0. The summed E-state index contributed by atoms with van der Waals surface area (Å²) in [4.78, 5) is 35.7. The summed E-state index contributed by atoms with van der Waals surface area (Å²) in [7, 11) is 1.58. The molecule has 0 heterocycles. The molecule has 0 aliphatic heterocycles. The van der Waals surface area contributed by atoms with Crippen LogP contribution in [0.5, 0.6) is 5.75 Å². The standard InChI is InChI=1S/C21H24N2O5/c1-15(20(25)23-21(26)22-14-17-6-4-3-5-7-17)28-19(24)13-10-16-8-11-18(27-2)12-9-16/h3-9,11-12,15H,10,13-14H2,1-2H3,(H2,22,23,25,26)/t15-/m0/s1. The molecule has 0 aliphatic carbocycles. The van der Waals surface area contributed by atoms with E-state index in [-0.39, 0.29) is 13.0 Å². The molecule has 0 radical (unpaired) electrons. The molecular formula is C21H24N2O5. The summed E-state index contributed by atoms with van der Waals surface area (Å²) in [6.07, 6.45) is -0.454. The summed E-state index contributed by atoms with van der Waals surface area (Å²) in [5, 5.41) is 4.73. The number of urea groups is 1. The number of nitrogens with one attached hydrogen (secondary N) is 2. The Morgan fingerprint density at radius 2 is 1.64 bits per heavy atom. The van der Waals surface area contributed by atoms with E-state index in [1.54, 1.807) is 7.11 Å². The van der Waals surface area contributed by atoms with E-state index in [0.29, 0.717) is 6.42 Å². The van der Waals surface area contributed by atoms with Crippen LogP contribution in [0.2, 0.25) is 0 Å². The Bertz CT molecular complexity index is 790. The highest BCUT2D eigenvalue weighted by atomic mass is 16.5. The average molecular weight is 384 g/mol. The first-order valence-electron chi connectivity index (χ1n) is 8.93. The van der Waals surface area contributed by atoms with Crippen molar-refractivity contribution in [1.82, 2.24) is 10.6 Å². The van der Waals surface area contributed by atoms with Gasteiger partial charge in [0.2, 0.25) is 0 Å². The highest BCUT2D eigenvalue weighted by molar-refractivity contribution is 5.97. The van der Waals surface area contributed by atoms with Crippen molar-refractivity contribution in [3.63, 3.8) is 0 Å². The van der Waals surface area contributed by atoms with Gasteiger partial charge in [-0.05, 0) is 36.6 Å². The van der Waals surface area contributed by atoms with E-state index in [0.717, 1.165) is 16.9 Å². The Balaban J connectivity index is 1.69. The first-order chi connectivity index (χ1) is 13.5. The van der Waals surface area contributed by atoms with Gasteiger partial charge in [0, 0.05) is 13.0 Å². The van der Waals surface area contributed by atoms with Gasteiger partial charge < -0.3 is 14.8 Å². The minimum Gasteiger partial charge on any atom is -0.497 e. The van der Waals surface area contributed by atoms with Crippen molar-refractivity contribution in [2.24, 2.45) is 0 Å². The number of methoxy groups -OCH3 is 1. The number of rotatable bonds is 8. The van der Waals surface area contributed by atoms with Crippen LogP contribution < -0.4 is 15.4 Å². The summed E-state index contributed by atoms with van der Waals surface area (Å²) < 4.78 is 10.2. The summed E-state index contributed by atoms with van der Waals surface area (Å²) in [6.45, 7) is 1.71. The van der Waals surface area contributed by atoms with Crippen LogP contribution in [-0.2, 0) is 27.3 Å². The summed E-state index contributed by atoms with van der Waals surface area (Å²) in [5.41, 5.74) is 1.86. The molecule has 7 heteroatoms. The third-order valence-electron chi connectivity index (χ3n) is 3.99. The second-order valence-corrected chi connectivity index (χ2v) is 6.14. The largest absolute Gasteiger partial charge is 0.497 e. The van der Waals surface area contributed by atoms with E-state index in [9.17, 15) is 14.4 Å². The van der Waals surface area contributed by atoms with Crippen LogP contribution in [0.25, 0.3) is 0 Å². The van der Waals surface area contributed by atoms with Crippen LogP contribution in [0.15, 0.2) is 54.6 Å². The molecule has 148 valence electrons. The molecule has 0 unspecified atom stereocenters. The lowest BCUT2D eigenvalue weighted by Crippen LogP contribution is -2.44. The van der Waals surface area contributed by atoms with Crippen LogP contribution >= 0.6 is 0 Å². The fraction of sp³-hybridized carbons (Fsp3) is 0.286. The van der Waals surface area contributed by atoms with Gasteiger partial charge in [0.05, 0.1) is 7.11 Å². The molecular weight excluding hydrogens is 360 g/mol. The van der Waals surface area contributed by atoms with E-state index in [1.165, 1.54) is 6.92 Å². The maximum Gasteiger partial charge on any atom is 0.321 e. The second kappa shape index (κ2) is 10.7. The fourth-order valence-electron chi connectivity index (χ4n) is 2.38. The zero-order valence-electron chi connectivity index (χ0n) is 15.9. The number of esters is 1. The number of carbonyl (C=O) groups is 3. The van der Waals surface area contributed by atoms with Gasteiger partial charge in [-0.15, -0.1) is 0 Å². The van der Waals surface area contributed by atoms with Crippen molar-refractivity contribution in [1.29, 1.82) is 0 Å². The number of amides is 3. The number of hydrogen-bond acceptors (Lipinski definition) is 5. The van der Waals surface area contributed by atoms with Crippen molar-refractivity contribution in [2.75, 3.05) is 7.11 Å². The van der Waals surface area contributed by atoms with Gasteiger partial charge in [0.25, 0.3) is 5.91 Å². The van der Waals surface area contributed by atoms with Crippen molar-refractivity contribution < 1.29 is 23.9 Å². The SMILES string of the molecule is COc1ccc(CCC(=O)O[C@@H](C)C(=O)NC(=O)NCc2ccccc2)cc1. The van der Waals surface area contributed by atoms with Crippen LogP contribution in [0.3, 0.4) is 0 Å². The predicted octanol–water partition coefficient (Wildman–Crippen LogP) is 2.59. The first kappa shape index (κ1) is 21.0. The zero-order valence-corrected chi connectivity index (χ0v) is 15.9. The number of benzene rings is 2. The fourth-order valence-corrected chi connectivity index (χ4v) is 2.38. The van der Waals surface area contributed by atoms with Gasteiger partial charge in [0.15, 0.2) is 6.10 Å². The van der Waals surface area contributed by atoms with Crippen molar-refractivity contribution >= 4 is 17.9 Å². The van der Waals surface area contributed by atoms with Crippen molar-refractivity contribution in [3.05, 3.63) is 65.7 Å². The van der Waals surface area contributed by atoms with Crippen LogP contribution in [0.1, 0.15) is 24.5 Å². The number of hydrogen-bond donors (Lipinski definition) is 2. The Labute approximate surface area is 164 Å². The van der Waals surface area contributed by atoms with Gasteiger partial charge in [0.1, 0.15) is 5.75 Å². The molecule has 2 aromatic carbocycles. The van der Waals surface area contributed by atoms with Gasteiger partial charge in [-0.2, -0.15) is 0 Å². The highest BCUT2D eigenvalue weighted by Gasteiger charge is 2.19. The molecule has 0 aliphatic rings. The summed E-state index contributed by atoms with van der Waals surface area (Å²) in [5.74, 6) is -0.450. The number of imide groups is 1. The average Bonchev–Trinajstić information content (AvgIpc) is 2.71. The Hall–Kier alpha value is -3.35. The molecule has 0 saturated heterocycles. The van der Waals surface area contributed by atoms with E-state index < -0.39 is 24.0 Å². The molecule has 28 heavy (non-hydrogen) atoms. The Morgan fingerprint density at radius 3 is 2.29 bits per heavy atom.